The molecule has 0 saturated heterocycles. The fourth-order valence-corrected chi connectivity index (χ4v) is 6.29. The van der Waals surface area contributed by atoms with Gasteiger partial charge in [-0.3, -0.25) is 9.36 Å². The second-order valence-electron chi connectivity index (χ2n) is 9.74. The lowest BCUT2D eigenvalue weighted by molar-refractivity contribution is -0.139. The number of esters is 1. The molecular weight excluding hydrogens is 651 g/mol. The number of fused-ring (bicyclic) bond motifs is 1. The Bertz CT molecular complexity index is 1900. The molecule has 0 saturated carbocycles. The Kier molecular flexibility index (Phi) is 9.65. The summed E-state index contributed by atoms with van der Waals surface area (Å²) in [6.45, 7) is 6.15. The predicted molar refractivity (Wildman–Crippen MR) is 169 cm³/mol. The van der Waals surface area contributed by atoms with Crippen LogP contribution in [0.15, 0.2) is 86.2 Å². The highest BCUT2D eigenvalue weighted by molar-refractivity contribution is 9.10. The van der Waals surface area contributed by atoms with Crippen molar-refractivity contribution in [2.45, 2.75) is 33.4 Å². The van der Waals surface area contributed by atoms with Gasteiger partial charge in [0.15, 0.2) is 16.3 Å². The van der Waals surface area contributed by atoms with Gasteiger partial charge in [0.25, 0.3) is 5.56 Å². The van der Waals surface area contributed by atoms with Crippen LogP contribution in [0.3, 0.4) is 0 Å². The minimum atomic E-state index is -0.733. The van der Waals surface area contributed by atoms with E-state index >= 15 is 0 Å². The third kappa shape index (κ3) is 6.48. The van der Waals surface area contributed by atoms with Crippen LogP contribution in [0, 0.1) is 5.82 Å². The van der Waals surface area contributed by atoms with Crippen molar-refractivity contribution in [3.8, 4) is 17.2 Å². The van der Waals surface area contributed by atoms with Crippen LogP contribution in [0.2, 0.25) is 0 Å². The van der Waals surface area contributed by atoms with Crippen LogP contribution in [0.25, 0.3) is 6.08 Å². The number of hydrogen-bond donors (Lipinski definition) is 0. The summed E-state index contributed by atoms with van der Waals surface area (Å²) in [6.07, 6.45) is 1.76. The molecule has 1 aromatic heterocycles. The smallest absolute Gasteiger partial charge is 0.338 e. The second-order valence-corrected chi connectivity index (χ2v) is 11.6. The third-order valence-corrected chi connectivity index (χ3v) is 8.58. The SMILES string of the molecule is CCOC(=O)C1=C(C)N=c2s/c(=C\c3cc(OCC)c(OCc4ccc(F)cc4)cc3Br)c(=O)n2[C@@H]1c1ccc(OC)cc1. The van der Waals surface area contributed by atoms with E-state index in [9.17, 15) is 14.0 Å². The predicted octanol–water partition coefficient (Wildman–Crippen LogP) is 5.69. The molecule has 0 spiro atoms. The zero-order valence-corrected chi connectivity index (χ0v) is 27.0. The minimum Gasteiger partial charge on any atom is -0.497 e. The molecule has 1 aliphatic heterocycles. The molecule has 0 N–H and O–H groups in total. The number of carbonyl (C=O) groups is 1. The number of methoxy groups -OCH3 is 1. The van der Waals surface area contributed by atoms with E-state index in [-0.39, 0.29) is 24.6 Å². The van der Waals surface area contributed by atoms with Gasteiger partial charge in [-0.05, 0) is 79.9 Å². The zero-order chi connectivity index (χ0) is 31.4. The van der Waals surface area contributed by atoms with Gasteiger partial charge < -0.3 is 18.9 Å². The summed E-state index contributed by atoms with van der Waals surface area (Å²) in [6, 6.07) is 16.2. The van der Waals surface area contributed by atoms with Gasteiger partial charge in [0.05, 0.1) is 42.2 Å². The maximum Gasteiger partial charge on any atom is 0.338 e. The van der Waals surface area contributed by atoms with Crippen molar-refractivity contribution in [3.05, 3.63) is 119 Å². The average Bonchev–Trinajstić information content (AvgIpc) is 3.32. The highest BCUT2D eigenvalue weighted by Crippen LogP contribution is 2.35. The summed E-state index contributed by atoms with van der Waals surface area (Å²) in [5, 5.41) is 0. The number of aromatic nitrogens is 1. The van der Waals surface area contributed by atoms with Crippen LogP contribution < -0.4 is 29.1 Å². The summed E-state index contributed by atoms with van der Waals surface area (Å²) in [4.78, 5) is 32.3. The molecule has 0 bridgehead atoms. The van der Waals surface area contributed by atoms with Crippen LogP contribution in [0.5, 0.6) is 17.2 Å². The summed E-state index contributed by atoms with van der Waals surface area (Å²) in [7, 11) is 1.57. The molecule has 1 atom stereocenters. The minimum absolute atomic E-state index is 0.190. The fraction of sp³-hybridized carbons (Fsp3) is 0.242. The quantitative estimate of drug-likeness (QED) is 0.200. The molecule has 2 heterocycles. The Hall–Kier alpha value is -4.22. The van der Waals surface area contributed by atoms with Gasteiger partial charge in [-0.1, -0.05) is 51.5 Å². The highest BCUT2D eigenvalue weighted by Gasteiger charge is 2.33. The number of hydrogen-bond acceptors (Lipinski definition) is 8. The monoisotopic (exact) mass is 680 g/mol. The Morgan fingerprint density at radius 3 is 2.41 bits per heavy atom. The Morgan fingerprint density at radius 1 is 1.05 bits per heavy atom. The molecule has 0 radical (unpaired) electrons. The lowest BCUT2D eigenvalue weighted by Crippen LogP contribution is -2.39. The lowest BCUT2D eigenvalue weighted by atomic mass is 9.96. The molecule has 0 aliphatic carbocycles. The molecule has 4 aromatic rings. The van der Waals surface area contributed by atoms with Gasteiger partial charge in [-0.25, -0.2) is 14.2 Å². The van der Waals surface area contributed by atoms with Crippen molar-refractivity contribution in [3.63, 3.8) is 0 Å². The Morgan fingerprint density at radius 2 is 1.75 bits per heavy atom. The maximum atomic E-state index is 14.0. The molecule has 0 fully saturated rings. The van der Waals surface area contributed by atoms with Gasteiger partial charge in [-0.2, -0.15) is 0 Å². The Balaban J connectivity index is 1.58. The summed E-state index contributed by atoms with van der Waals surface area (Å²) in [5.74, 6) is 0.803. The van der Waals surface area contributed by atoms with Crippen LogP contribution in [-0.2, 0) is 16.1 Å². The first kappa shape index (κ1) is 31.2. The van der Waals surface area contributed by atoms with Crippen molar-refractivity contribution >= 4 is 39.3 Å². The summed E-state index contributed by atoms with van der Waals surface area (Å²) < 4.78 is 38.5. The van der Waals surface area contributed by atoms with Crippen molar-refractivity contribution in [1.82, 2.24) is 4.57 Å². The third-order valence-electron chi connectivity index (χ3n) is 6.91. The highest BCUT2D eigenvalue weighted by atomic mass is 79.9. The molecule has 1 aliphatic rings. The van der Waals surface area contributed by atoms with Crippen LogP contribution in [-0.4, -0.2) is 30.9 Å². The normalized spacial score (nSPS) is 14.6. The van der Waals surface area contributed by atoms with Gasteiger partial charge in [0.2, 0.25) is 0 Å². The number of rotatable bonds is 10. The molecule has 0 amide bonds. The topological polar surface area (TPSA) is 88.4 Å². The van der Waals surface area contributed by atoms with E-state index in [1.807, 2.05) is 19.1 Å². The fourth-order valence-electron chi connectivity index (χ4n) is 4.82. The molecule has 0 unspecified atom stereocenters. The number of halogens is 2. The largest absolute Gasteiger partial charge is 0.497 e. The van der Waals surface area contributed by atoms with Gasteiger partial charge in [0, 0.05) is 4.47 Å². The second kappa shape index (κ2) is 13.6. The lowest BCUT2D eigenvalue weighted by Gasteiger charge is -2.24. The first-order chi connectivity index (χ1) is 21.2. The number of nitrogens with zero attached hydrogens (tertiary/aromatic N) is 2. The van der Waals surface area contributed by atoms with E-state index in [2.05, 4.69) is 20.9 Å². The molecule has 11 heteroatoms. The zero-order valence-electron chi connectivity index (χ0n) is 24.6. The van der Waals surface area contributed by atoms with Crippen molar-refractivity contribution in [2.75, 3.05) is 20.3 Å². The average molecular weight is 682 g/mol. The van der Waals surface area contributed by atoms with Crippen LogP contribution in [0.1, 0.15) is 43.5 Å². The van der Waals surface area contributed by atoms with Gasteiger partial charge >= 0.3 is 5.97 Å². The molecule has 5 rings (SSSR count). The standard InChI is InChI=1S/C33H30BrFN2O6S/c1-5-41-26-15-22(25(34)17-27(26)43-18-20-7-11-23(35)12-8-20)16-28-31(38)37-30(21-9-13-24(40-4)14-10-21)29(32(39)42-6-2)19(3)36-33(37)44-28/h7-17,30H,5-6,18H2,1-4H3/b28-16-/t30-/m1/s1. The van der Waals surface area contributed by atoms with Gasteiger partial charge in [-0.15, -0.1) is 0 Å². The van der Waals surface area contributed by atoms with E-state index in [1.54, 1.807) is 63.4 Å². The van der Waals surface area contributed by atoms with Gasteiger partial charge in [0.1, 0.15) is 18.2 Å². The number of ether oxygens (including phenoxy) is 4. The van der Waals surface area contributed by atoms with E-state index in [0.717, 1.165) is 11.1 Å². The van der Waals surface area contributed by atoms with E-state index < -0.39 is 12.0 Å². The first-order valence-corrected chi connectivity index (χ1v) is 15.5. The number of benzene rings is 3. The van der Waals surface area contributed by atoms with E-state index in [4.69, 9.17) is 18.9 Å². The molecule has 3 aromatic carbocycles. The van der Waals surface area contributed by atoms with Crippen molar-refractivity contribution < 1.29 is 28.1 Å². The van der Waals surface area contributed by atoms with Crippen molar-refractivity contribution in [2.24, 2.45) is 4.99 Å². The van der Waals surface area contributed by atoms with E-state index in [1.165, 1.54) is 28.0 Å². The number of allylic oxidation sites excluding steroid dienone is 1. The summed E-state index contributed by atoms with van der Waals surface area (Å²) >= 11 is 4.84. The Labute approximate surface area is 265 Å². The first-order valence-electron chi connectivity index (χ1n) is 13.9. The maximum absolute atomic E-state index is 14.0. The number of thiazole rings is 1. The molecule has 8 nitrogen and oxygen atoms in total. The van der Waals surface area contributed by atoms with E-state index in [0.29, 0.717) is 54.5 Å². The molecular formula is C33H30BrFN2O6S. The van der Waals surface area contributed by atoms with Crippen LogP contribution >= 0.6 is 27.3 Å². The van der Waals surface area contributed by atoms with Crippen LogP contribution in [0.4, 0.5) is 4.39 Å². The number of carbonyl (C=O) groups excluding carboxylic acids is 1. The molecule has 44 heavy (non-hydrogen) atoms. The van der Waals surface area contributed by atoms with Crippen molar-refractivity contribution in [1.29, 1.82) is 0 Å². The summed E-state index contributed by atoms with van der Waals surface area (Å²) in [5.41, 5.74) is 2.70. The molecule has 228 valence electrons.